The number of nitrogens with one attached hydrogen (secondary N) is 1. The van der Waals surface area contributed by atoms with Crippen LogP contribution in [0.15, 0.2) is 0 Å². The Hall–Kier alpha value is -0.0400. The lowest BCUT2D eigenvalue weighted by molar-refractivity contribution is 0.213. The van der Waals surface area contributed by atoms with Gasteiger partial charge in [-0.15, -0.1) is 0 Å². The molecule has 2 atom stereocenters. The molecular formula is C14H29N. The maximum atomic E-state index is 3.78. The van der Waals surface area contributed by atoms with Crippen molar-refractivity contribution < 1.29 is 0 Å². The molecule has 1 fully saturated rings. The molecule has 1 saturated heterocycles. The Morgan fingerprint density at radius 3 is 1.93 bits per heavy atom. The first-order valence-electron chi connectivity index (χ1n) is 6.44. The average molecular weight is 211 g/mol. The molecule has 1 unspecified atom stereocenters. The van der Waals surface area contributed by atoms with Crippen LogP contribution in [0.3, 0.4) is 0 Å². The SMILES string of the molecule is CC(C)(C)C1CCC[C@@H](C(C)(C)C)CN1. The summed E-state index contributed by atoms with van der Waals surface area (Å²) in [7, 11) is 0. The van der Waals surface area contributed by atoms with E-state index in [2.05, 4.69) is 46.9 Å². The maximum Gasteiger partial charge on any atom is 0.0116 e. The lowest BCUT2D eigenvalue weighted by Gasteiger charge is -2.33. The molecule has 1 rings (SSSR count). The topological polar surface area (TPSA) is 12.0 Å². The smallest absolute Gasteiger partial charge is 0.0116 e. The second-order valence-corrected chi connectivity index (χ2v) is 7.32. The van der Waals surface area contributed by atoms with Crippen molar-refractivity contribution in [1.29, 1.82) is 0 Å². The minimum absolute atomic E-state index is 0.409. The van der Waals surface area contributed by atoms with E-state index in [9.17, 15) is 0 Å². The van der Waals surface area contributed by atoms with Crippen LogP contribution < -0.4 is 5.32 Å². The summed E-state index contributed by atoms with van der Waals surface area (Å²) < 4.78 is 0. The third-order valence-corrected chi connectivity index (χ3v) is 3.93. The second kappa shape index (κ2) is 4.45. The molecular weight excluding hydrogens is 182 g/mol. The highest BCUT2D eigenvalue weighted by Crippen LogP contribution is 2.34. The van der Waals surface area contributed by atoms with Gasteiger partial charge in [0.1, 0.15) is 0 Å². The molecule has 1 nitrogen and oxygen atoms in total. The monoisotopic (exact) mass is 211 g/mol. The van der Waals surface area contributed by atoms with Gasteiger partial charge in [-0.2, -0.15) is 0 Å². The normalized spacial score (nSPS) is 30.0. The summed E-state index contributed by atoms with van der Waals surface area (Å²) in [5, 5.41) is 3.78. The predicted molar refractivity (Wildman–Crippen MR) is 68.0 cm³/mol. The third kappa shape index (κ3) is 3.79. The van der Waals surface area contributed by atoms with Crippen LogP contribution in [0, 0.1) is 16.7 Å². The van der Waals surface area contributed by atoms with E-state index in [0.29, 0.717) is 16.9 Å². The molecule has 90 valence electrons. The fourth-order valence-electron chi connectivity index (χ4n) is 2.54. The number of hydrogen-bond donors (Lipinski definition) is 1. The highest BCUT2D eigenvalue weighted by molar-refractivity contribution is 4.87. The Morgan fingerprint density at radius 2 is 1.47 bits per heavy atom. The zero-order valence-corrected chi connectivity index (χ0v) is 11.5. The molecule has 0 aromatic carbocycles. The van der Waals surface area contributed by atoms with Crippen molar-refractivity contribution in [3.05, 3.63) is 0 Å². The van der Waals surface area contributed by atoms with Gasteiger partial charge in [0, 0.05) is 6.04 Å². The molecule has 0 saturated carbocycles. The zero-order chi connectivity index (χ0) is 11.7. The van der Waals surface area contributed by atoms with Crippen molar-refractivity contribution in [2.45, 2.75) is 66.8 Å². The molecule has 0 bridgehead atoms. The molecule has 1 heterocycles. The third-order valence-electron chi connectivity index (χ3n) is 3.93. The van der Waals surface area contributed by atoms with Gasteiger partial charge in [-0.25, -0.2) is 0 Å². The fourth-order valence-corrected chi connectivity index (χ4v) is 2.54. The molecule has 1 heteroatoms. The van der Waals surface area contributed by atoms with Crippen molar-refractivity contribution in [3.8, 4) is 0 Å². The molecule has 1 N–H and O–H groups in total. The van der Waals surface area contributed by atoms with E-state index in [0.717, 1.165) is 5.92 Å². The van der Waals surface area contributed by atoms with Crippen LogP contribution in [0.2, 0.25) is 0 Å². The van der Waals surface area contributed by atoms with Gasteiger partial charge in [-0.1, -0.05) is 48.0 Å². The average Bonchev–Trinajstić information content (AvgIpc) is 2.24. The summed E-state index contributed by atoms with van der Waals surface area (Å²) in [5.41, 5.74) is 0.868. The quantitative estimate of drug-likeness (QED) is 0.642. The van der Waals surface area contributed by atoms with Crippen molar-refractivity contribution in [2.24, 2.45) is 16.7 Å². The van der Waals surface area contributed by atoms with Gasteiger partial charge >= 0.3 is 0 Å². The van der Waals surface area contributed by atoms with E-state index in [1.807, 2.05) is 0 Å². The predicted octanol–water partition coefficient (Wildman–Crippen LogP) is 3.84. The molecule has 0 amide bonds. The van der Waals surface area contributed by atoms with Crippen LogP contribution in [-0.2, 0) is 0 Å². The summed E-state index contributed by atoms with van der Waals surface area (Å²) in [5.74, 6) is 0.838. The van der Waals surface area contributed by atoms with Gasteiger partial charge in [0.25, 0.3) is 0 Å². The molecule has 15 heavy (non-hydrogen) atoms. The standard InChI is InChI=1S/C14H29N/c1-13(2,3)11-8-7-9-12(15-10-11)14(4,5)6/h11-12,15H,7-10H2,1-6H3/t11-,12?/m1/s1. The molecule has 0 aliphatic carbocycles. The van der Waals surface area contributed by atoms with E-state index in [1.165, 1.54) is 25.8 Å². The molecule has 1 aliphatic heterocycles. The first kappa shape index (κ1) is 13.0. The minimum atomic E-state index is 0.409. The van der Waals surface area contributed by atoms with Crippen LogP contribution in [0.5, 0.6) is 0 Å². The second-order valence-electron chi connectivity index (χ2n) is 7.32. The Balaban J connectivity index is 2.57. The van der Waals surface area contributed by atoms with Crippen molar-refractivity contribution in [3.63, 3.8) is 0 Å². The molecule has 0 aromatic heterocycles. The van der Waals surface area contributed by atoms with Gasteiger partial charge in [0.05, 0.1) is 0 Å². The summed E-state index contributed by atoms with van der Waals surface area (Å²) in [6, 6.07) is 0.699. The number of hydrogen-bond acceptors (Lipinski definition) is 1. The van der Waals surface area contributed by atoms with Gasteiger partial charge in [-0.3, -0.25) is 0 Å². The van der Waals surface area contributed by atoms with E-state index in [-0.39, 0.29) is 0 Å². The molecule has 1 aliphatic rings. The Bertz CT molecular complexity index is 172. The van der Waals surface area contributed by atoms with Gasteiger partial charge in [0.15, 0.2) is 0 Å². The largest absolute Gasteiger partial charge is 0.313 e. The molecule has 0 aromatic rings. The first-order chi connectivity index (χ1) is 6.71. The van der Waals surface area contributed by atoms with Crippen LogP contribution in [0.25, 0.3) is 0 Å². The summed E-state index contributed by atoms with van der Waals surface area (Å²) >= 11 is 0. The van der Waals surface area contributed by atoms with Crippen molar-refractivity contribution in [2.75, 3.05) is 6.54 Å². The Labute approximate surface area is 96.0 Å². The van der Waals surface area contributed by atoms with Crippen LogP contribution in [-0.4, -0.2) is 12.6 Å². The van der Waals surface area contributed by atoms with Crippen molar-refractivity contribution >= 4 is 0 Å². The summed E-state index contributed by atoms with van der Waals surface area (Å²) in [6.07, 6.45) is 4.12. The Morgan fingerprint density at radius 1 is 0.867 bits per heavy atom. The summed E-state index contributed by atoms with van der Waals surface area (Å²) in [6.45, 7) is 15.4. The van der Waals surface area contributed by atoms with E-state index >= 15 is 0 Å². The highest BCUT2D eigenvalue weighted by atomic mass is 14.9. The van der Waals surface area contributed by atoms with Crippen molar-refractivity contribution in [1.82, 2.24) is 5.32 Å². The lowest BCUT2D eigenvalue weighted by Crippen LogP contribution is -2.42. The van der Waals surface area contributed by atoms with Crippen LogP contribution in [0.1, 0.15) is 60.8 Å². The fraction of sp³-hybridized carbons (Fsp3) is 1.00. The van der Waals surface area contributed by atoms with Gasteiger partial charge in [0.2, 0.25) is 0 Å². The minimum Gasteiger partial charge on any atom is -0.313 e. The summed E-state index contributed by atoms with van der Waals surface area (Å²) in [4.78, 5) is 0. The maximum absolute atomic E-state index is 3.78. The molecule has 0 spiro atoms. The van der Waals surface area contributed by atoms with Crippen LogP contribution in [0.4, 0.5) is 0 Å². The lowest BCUT2D eigenvalue weighted by atomic mass is 9.78. The zero-order valence-electron chi connectivity index (χ0n) is 11.5. The Kier molecular flexibility index (Phi) is 3.86. The van der Waals surface area contributed by atoms with E-state index in [4.69, 9.17) is 0 Å². The van der Waals surface area contributed by atoms with Gasteiger partial charge in [-0.05, 0) is 36.1 Å². The molecule has 0 radical (unpaired) electrons. The number of rotatable bonds is 0. The van der Waals surface area contributed by atoms with E-state index in [1.54, 1.807) is 0 Å². The van der Waals surface area contributed by atoms with Crippen LogP contribution >= 0.6 is 0 Å². The highest BCUT2D eigenvalue weighted by Gasteiger charge is 2.31. The van der Waals surface area contributed by atoms with Gasteiger partial charge < -0.3 is 5.32 Å². The van der Waals surface area contributed by atoms with E-state index < -0.39 is 0 Å². The first-order valence-corrected chi connectivity index (χ1v) is 6.44.